The minimum absolute atomic E-state index is 0. The van der Waals surface area contributed by atoms with E-state index in [0.29, 0.717) is 12.1 Å². The number of halogens is 4. The molecule has 0 aromatic carbocycles. The van der Waals surface area contributed by atoms with Crippen molar-refractivity contribution in [2.45, 2.75) is 26.1 Å². The molecule has 0 aromatic rings. The molecule has 252 valence electrons. The molecule has 0 saturated heterocycles. The van der Waals surface area contributed by atoms with Crippen LogP contribution >= 0.6 is 70.7 Å². The zero-order valence-electron chi connectivity index (χ0n) is 22.6. The maximum atomic E-state index is 11.5. The zero-order valence-corrected chi connectivity index (χ0v) is 28.3. The van der Waals surface area contributed by atoms with Gasteiger partial charge in [0.2, 0.25) is 16.4 Å². The van der Waals surface area contributed by atoms with Crippen LogP contribution in [0.3, 0.4) is 0 Å². The molecule has 0 fully saturated rings. The second-order valence-electron chi connectivity index (χ2n) is 5.28. The normalized spacial score (nSPS) is 11.3. The molecule has 0 bridgehead atoms. The van der Waals surface area contributed by atoms with Gasteiger partial charge in [-0.25, -0.2) is 23.5 Å². The van der Waals surface area contributed by atoms with E-state index in [1.54, 1.807) is 35.2 Å². The molecule has 0 aliphatic heterocycles. The summed E-state index contributed by atoms with van der Waals surface area (Å²) in [6.45, 7) is 3.75. The number of phosphoric acid groups is 2. The van der Waals surface area contributed by atoms with Crippen LogP contribution in [0.4, 0.5) is 0 Å². The van der Waals surface area contributed by atoms with E-state index >= 15 is 0 Å². The van der Waals surface area contributed by atoms with Crippen LogP contribution in [0.2, 0.25) is 0 Å². The standard InChI is InChI=1S/C7H12ClO6P.C4H6Cl2O2.C3H4ClO6P.C3H9O3P.CH4/c1-4-13-7(9)6(5-8)14-15(10,11-2)12-3;1-2-8-4(7)3(5)6;4-1-2(3(5)6)10-11(7,8)9;1-4-7(5-2)6-3;/h5H,4H2,1-3H3;3H,2H2,1H3;1H,(H,5,6)(H2,7,8,9);1-3H3;1H4. The predicted molar refractivity (Wildman–Crippen MR) is 155 cm³/mol. The first-order valence-corrected chi connectivity index (χ1v) is 15.8. The SMILES string of the molecule is C.CCOC(=O)C(=CCl)OP(=O)(OC)OC.CCOC(=O)C(Cl)Cl.COP(OC)OC.O=C(O)C(=CCl)OP(=O)(O)O. The fraction of sp³-hybridized carbons (Fsp3) is 0.611. The summed E-state index contributed by atoms with van der Waals surface area (Å²) in [6.07, 6.45) is 0. The van der Waals surface area contributed by atoms with Crippen molar-refractivity contribution in [1.29, 1.82) is 0 Å². The second-order valence-corrected chi connectivity index (χ2v) is 11.3. The lowest BCUT2D eigenvalue weighted by Gasteiger charge is -2.14. The summed E-state index contributed by atoms with van der Waals surface area (Å²) in [7, 11) is -2.82. The number of ether oxygens (including phenoxy) is 2. The number of esters is 2. The van der Waals surface area contributed by atoms with Gasteiger partial charge in [-0.1, -0.05) is 53.8 Å². The van der Waals surface area contributed by atoms with E-state index in [0.717, 1.165) is 19.8 Å². The second kappa shape index (κ2) is 30.3. The number of rotatable bonds is 14. The van der Waals surface area contributed by atoms with Gasteiger partial charge >= 0.3 is 42.2 Å². The lowest BCUT2D eigenvalue weighted by molar-refractivity contribution is -0.142. The van der Waals surface area contributed by atoms with Crippen molar-refractivity contribution < 1.29 is 79.5 Å². The van der Waals surface area contributed by atoms with Crippen LogP contribution in [0.15, 0.2) is 22.6 Å². The third-order valence-electron chi connectivity index (χ3n) is 2.67. The van der Waals surface area contributed by atoms with Crippen LogP contribution in [0.25, 0.3) is 0 Å². The molecule has 24 heteroatoms. The van der Waals surface area contributed by atoms with Crippen LogP contribution in [0, 0.1) is 0 Å². The summed E-state index contributed by atoms with van der Waals surface area (Å²) in [6, 6.07) is 0. The van der Waals surface area contributed by atoms with E-state index in [4.69, 9.17) is 61.3 Å². The van der Waals surface area contributed by atoms with Crippen molar-refractivity contribution in [2.75, 3.05) is 48.8 Å². The number of hydrogen-bond donors (Lipinski definition) is 3. The van der Waals surface area contributed by atoms with Gasteiger partial charge in [0, 0.05) is 35.5 Å². The van der Waals surface area contributed by atoms with Gasteiger partial charge in [0.1, 0.15) is 0 Å². The topological polar surface area (TPSA) is 229 Å². The molecule has 17 nitrogen and oxygen atoms in total. The Balaban J connectivity index is -0.000000150. The highest BCUT2D eigenvalue weighted by molar-refractivity contribution is 7.48. The van der Waals surface area contributed by atoms with Crippen LogP contribution < -0.4 is 0 Å². The maximum Gasteiger partial charge on any atom is 0.529 e. The number of carbonyl (C=O) groups is 3. The van der Waals surface area contributed by atoms with Gasteiger partial charge in [0.15, 0.2) is 0 Å². The van der Waals surface area contributed by atoms with Gasteiger partial charge in [-0.3, -0.25) is 18.8 Å². The number of carboxylic acids is 1. The van der Waals surface area contributed by atoms with Crippen molar-refractivity contribution in [1.82, 2.24) is 0 Å². The Bertz CT molecular complexity index is 881. The summed E-state index contributed by atoms with van der Waals surface area (Å²) >= 11 is 20.4. The highest BCUT2D eigenvalue weighted by atomic mass is 35.5. The number of phosphoric ester groups is 2. The quantitative estimate of drug-likeness (QED) is 0.0657. The summed E-state index contributed by atoms with van der Waals surface area (Å²) < 4.78 is 61.7. The Hall–Kier alpha value is -0.740. The molecule has 0 heterocycles. The van der Waals surface area contributed by atoms with Gasteiger partial charge in [-0.05, 0) is 13.8 Å². The highest BCUT2D eigenvalue weighted by Crippen LogP contribution is 2.49. The van der Waals surface area contributed by atoms with Crippen LogP contribution in [0.1, 0.15) is 21.3 Å². The lowest BCUT2D eigenvalue weighted by atomic mass is 10.6. The van der Waals surface area contributed by atoms with Crippen molar-refractivity contribution in [3.8, 4) is 0 Å². The van der Waals surface area contributed by atoms with Crippen LogP contribution in [-0.2, 0) is 64.7 Å². The van der Waals surface area contributed by atoms with Crippen molar-refractivity contribution in [2.24, 2.45) is 0 Å². The molecular weight excluding hydrogens is 723 g/mol. The van der Waals surface area contributed by atoms with Gasteiger partial charge in [-0.15, -0.1) is 0 Å². The number of carboxylic acid groups (broad SMARTS) is 1. The van der Waals surface area contributed by atoms with E-state index in [9.17, 15) is 23.5 Å². The Kier molecular flexibility index (Phi) is 36.7. The van der Waals surface area contributed by atoms with Gasteiger partial charge < -0.3 is 37.2 Å². The number of hydrogen-bond acceptors (Lipinski definition) is 14. The molecule has 0 aliphatic carbocycles. The first-order valence-electron chi connectivity index (χ1n) is 9.97. The molecule has 3 N–H and O–H groups in total. The summed E-state index contributed by atoms with van der Waals surface area (Å²) in [5.41, 5.74) is 1.21. The van der Waals surface area contributed by atoms with Crippen LogP contribution in [-0.4, -0.2) is 86.4 Å². The van der Waals surface area contributed by atoms with E-state index in [-0.39, 0.29) is 14.0 Å². The maximum absolute atomic E-state index is 11.5. The Morgan fingerprint density at radius 2 is 1.21 bits per heavy atom. The third-order valence-corrected chi connectivity index (χ3v) is 6.07. The minimum atomic E-state index is -4.83. The van der Waals surface area contributed by atoms with Gasteiger partial charge in [-0.2, -0.15) is 0 Å². The fourth-order valence-corrected chi connectivity index (χ4v) is 3.26. The molecule has 0 spiro atoms. The third kappa shape index (κ3) is 30.7. The van der Waals surface area contributed by atoms with Crippen molar-refractivity contribution in [3.63, 3.8) is 0 Å². The van der Waals surface area contributed by atoms with Gasteiger partial charge in [0.05, 0.1) is 24.3 Å². The molecule has 0 amide bonds. The molecule has 0 aliphatic rings. The highest BCUT2D eigenvalue weighted by Gasteiger charge is 2.29. The Morgan fingerprint density at radius 3 is 1.38 bits per heavy atom. The zero-order chi connectivity index (χ0) is 33.2. The molecule has 0 radical (unpaired) electrons. The average molecular weight is 758 g/mol. The number of alkyl halides is 2. The van der Waals surface area contributed by atoms with E-state index in [1.165, 1.54) is 0 Å². The smallest absolute Gasteiger partial charge is 0.475 e. The molecular formula is C18H35Cl4O17P3. The fourth-order valence-electron chi connectivity index (χ4n) is 1.24. The largest absolute Gasteiger partial charge is 0.529 e. The predicted octanol–water partition coefficient (Wildman–Crippen LogP) is 5.45. The first kappa shape index (κ1) is 50.9. The monoisotopic (exact) mass is 756 g/mol. The Morgan fingerprint density at radius 1 is 0.810 bits per heavy atom. The number of carbonyl (C=O) groups excluding carboxylic acids is 2. The molecule has 0 atom stereocenters. The van der Waals surface area contributed by atoms with Crippen LogP contribution in [0.5, 0.6) is 0 Å². The summed E-state index contributed by atoms with van der Waals surface area (Å²) in [5.74, 6) is -4.52. The molecule has 0 saturated carbocycles. The minimum Gasteiger partial charge on any atom is -0.475 e. The van der Waals surface area contributed by atoms with Crippen molar-refractivity contribution in [3.05, 3.63) is 22.6 Å². The Labute approximate surface area is 265 Å². The van der Waals surface area contributed by atoms with E-state index in [2.05, 4.69) is 41.1 Å². The van der Waals surface area contributed by atoms with E-state index in [1.807, 2.05) is 0 Å². The summed E-state index contributed by atoms with van der Waals surface area (Å²) in [4.78, 5) is 46.5. The number of aliphatic carboxylic acids is 1. The molecule has 0 unspecified atom stereocenters. The first-order chi connectivity index (χ1) is 18.9. The summed E-state index contributed by atoms with van der Waals surface area (Å²) in [5, 5.41) is 8.12. The molecule has 0 rings (SSSR count). The van der Waals surface area contributed by atoms with Crippen molar-refractivity contribution >= 4 is 88.6 Å². The lowest BCUT2D eigenvalue weighted by Crippen LogP contribution is -2.11. The molecule has 0 aromatic heterocycles. The van der Waals surface area contributed by atoms with Gasteiger partial charge in [0.25, 0.3) is 0 Å². The van der Waals surface area contributed by atoms with E-state index < -0.39 is 58.5 Å². The average Bonchev–Trinajstić information content (AvgIpc) is 2.91. The molecule has 42 heavy (non-hydrogen) atoms.